The van der Waals surface area contributed by atoms with Crippen molar-refractivity contribution in [2.45, 2.75) is 108 Å². The summed E-state index contributed by atoms with van der Waals surface area (Å²) >= 11 is 0. The molecule has 8 atom stereocenters. The third kappa shape index (κ3) is 4.32. The van der Waals surface area contributed by atoms with Gasteiger partial charge in [-0.3, -0.25) is 0 Å². The van der Waals surface area contributed by atoms with Crippen LogP contribution in [0.15, 0.2) is 23.0 Å². The van der Waals surface area contributed by atoms with E-state index in [0.29, 0.717) is 44.0 Å². The van der Waals surface area contributed by atoms with E-state index < -0.39 is 16.6 Å². The quantitative estimate of drug-likeness (QED) is 0.411. The molecule has 4 saturated carbocycles. The minimum Gasteiger partial charge on any atom is -0.472 e. The van der Waals surface area contributed by atoms with Crippen molar-refractivity contribution in [3.63, 3.8) is 0 Å². The van der Waals surface area contributed by atoms with Crippen LogP contribution in [0.4, 0.5) is 0 Å². The van der Waals surface area contributed by atoms with Crippen molar-refractivity contribution >= 4 is 0 Å². The molecule has 0 amide bonds. The van der Waals surface area contributed by atoms with E-state index >= 15 is 0 Å². The molecular weight excluding hydrogens is 478 g/mol. The highest BCUT2D eigenvalue weighted by atomic mass is 16.5. The Morgan fingerprint density at radius 2 is 1.79 bits per heavy atom. The summed E-state index contributed by atoms with van der Waals surface area (Å²) in [5.74, 6) is 1.44. The molecule has 214 valence electrons. The van der Waals surface area contributed by atoms with Gasteiger partial charge in [0.1, 0.15) is 5.60 Å². The summed E-state index contributed by atoms with van der Waals surface area (Å²) in [4.78, 5) is 2.55. The topological polar surface area (TPSA) is 75.3 Å². The largest absolute Gasteiger partial charge is 0.472 e. The van der Waals surface area contributed by atoms with Crippen molar-refractivity contribution < 1.29 is 24.1 Å². The van der Waals surface area contributed by atoms with Crippen LogP contribution in [0.1, 0.15) is 96.5 Å². The first-order valence-electron chi connectivity index (χ1n) is 15.7. The molecule has 1 aromatic heterocycles. The van der Waals surface area contributed by atoms with E-state index in [0.717, 1.165) is 57.1 Å². The first-order chi connectivity index (χ1) is 18.3. The molecule has 0 bridgehead atoms. The van der Waals surface area contributed by atoms with Crippen LogP contribution < -0.4 is 0 Å². The predicted molar refractivity (Wildman–Crippen MR) is 147 cm³/mol. The van der Waals surface area contributed by atoms with Gasteiger partial charge in [0.25, 0.3) is 0 Å². The van der Waals surface area contributed by atoms with Crippen LogP contribution in [0.25, 0.3) is 0 Å². The van der Waals surface area contributed by atoms with Crippen LogP contribution in [0.3, 0.4) is 0 Å². The van der Waals surface area contributed by atoms with Gasteiger partial charge in [-0.1, -0.05) is 13.8 Å². The monoisotopic (exact) mass is 529 g/mol. The Labute approximate surface area is 229 Å². The maximum absolute atomic E-state index is 12.4. The molecule has 0 radical (unpaired) electrons. The highest BCUT2D eigenvalue weighted by molar-refractivity contribution is 5.30. The second-order valence-corrected chi connectivity index (χ2v) is 13.9. The molecule has 5 fully saturated rings. The summed E-state index contributed by atoms with van der Waals surface area (Å²) in [5, 5.41) is 24.3. The smallest absolute Gasteiger partial charge is 0.101 e. The van der Waals surface area contributed by atoms with Crippen molar-refractivity contribution in [3.8, 4) is 0 Å². The van der Waals surface area contributed by atoms with Gasteiger partial charge < -0.3 is 29.0 Å². The lowest BCUT2D eigenvalue weighted by molar-refractivity contribution is -0.239. The number of hydrogen-bond acceptors (Lipinski definition) is 6. The lowest BCUT2D eigenvalue weighted by Crippen LogP contribution is -2.64. The third-order valence-electron chi connectivity index (χ3n) is 12.5. The molecule has 0 unspecified atom stereocenters. The molecule has 6 rings (SSSR count). The molecule has 5 aliphatic rings. The van der Waals surface area contributed by atoms with E-state index in [1.165, 1.54) is 38.9 Å². The van der Waals surface area contributed by atoms with Gasteiger partial charge in [-0.15, -0.1) is 0 Å². The van der Waals surface area contributed by atoms with E-state index in [9.17, 15) is 10.2 Å². The number of likely N-dealkylation sites (tertiary alicyclic amines) is 1. The van der Waals surface area contributed by atoms with E-state index in [2.05, 4.69) is 18.7 Å². The van der Waals surface area contributed by atoms with E-state index in [4.69, 9.17) is 13.9 Å². The zero-order valence-electron chi connectivity index (χ0n) is 23.8. The molecule has 1 aliphatic heterocycles. The normalized spacial score (nSPS) is 45.1. The summed E-state index contributed by atoms with van der Waals surface area (Å²) in [5.41, 5.74) is -1.29. The number of furan rings is 1. The highest BCUT2D eigenvalue weighted by Gasteiger charge is 2.72. The molecule has 1 aromatic rings. The molecule has 2 N–H and O–H groups in total. The summed E-state index contributed by atoms with van der Waals surface area (Å²) < 4.78 is 17.6. The molecule has 4 aliphatic carbocycles. The number of rotatable bonds is 9. The van der Waals surface area contributed by atoms with E-state index in [-0.39, 0.29) is 11.3 Å². The maximum atomic E-state index is 12.4. The Kier molecular flexibility index (Phi) is 7.52. The number of ether oxygens (including phenoxy) is 2. The Hall–Kier alpha value is -0.920. The van der Waals surface area contributed by atoms with Gasteiger partial charge in [-0.25, -0.2) is 0 Å². The lowest BCUT2D eigenvalue weighted by atomic mass is 9.43. The fourth-order valence-electron chi connectivity index (χ4n) is 10.1. The van der Waals surface area contributed by atoms with Gasteiger partial charge in [-0.2, -0.15) is 0 Å². The second-order valence-electron chi connectivity index (χ2n) is 13.9. The predicted octanol–water partition coefficient (Wildman–Crippen LogP) is 5.51. The minimum atomic E-state index is -1.01. The summed E-state index contributed by atoms with van der Waals surface area (Å²) in [6.07, 6.45) is 16.4. The fourth-order valence-corrected chi connectivity index (χ4v) is 10.1. The number of hydrogen-bond donors (Lipinski definition) is 2. The van der Waals surface area contributed by atoms with Crippen LogP contribution in [0.5, 0.6) is 0 Å². The van der Waals surface area contributed by atoms with Gasteiger partial charge >= 0.3 is 0 Å². The van der Waals surface area contributed by atoms with Gasteiger partial charge in [-0.05, 0) is 119 Å². The second kappa shape index (κ2) is 10.5. The van der Waals surface area contributed by atoms with Gasteiger partial charge in [0.2, 0.25) is 0 Å². The molecule has 0 spiro atoms. The van der Waals surface area contributed by atoms with Crippen LogP contribution in [0.2, 0.25) is 0 Å². The number of nitrogens with zero attached hydrogens (tertiary/aromatic N) is 1. The average Bonchev–Trinajstić information content (AvgIpc) is 3.67. The molecule has 38 heavy (non-hydrogen) atoms. The lowest BCUT2D eigenvalue weighted by Gasteiger charge is -2.64. The SMILES string of the molecule is C[C@]12CC[C@H](OCCOCCCN3CCCC3)C[C@H]1CC[C@@H]1[C@@H]2CC[C@]2(C)[C@@](O)(c3ccoc3)CC[C@]12O. The van der Waals surface area contributed by atoms with Crippen molar-refractivity contribution in [3.05, 3.63) is 24.2 Å². The van der Waals surface area contributed by atoms with Crippen molar-refractivity contribution in [2.75, 3.05) is 39.5 Å². The Morgan fingerprint density at radius 3 is 2.58 bits per heavy atom. The fraction of sp³-hybridized carbons (Fsp3) is 0.875. The van der Waals surface area contributed by atoms with Gasteiger partial charge in [0.05, 0.1) is 37.4 Å². The molecule has 2 heterocycles. The third-order valence-corrected chi connectivity index (χ3v) is 12.5. The van der Waals surface area contributed by atoms with Crippen LogP contribution in [0, 0.1) is 28.6 Å². The zero-order chi connectivity index (χ0) is 26.4. The van der Waals surface area contributed by atoms with Crippen molar-refractivity contribution in [1.82, 2.24) is 4.90 Å². The van der Waals surface area contributed by atoms with E-state index in [1.807, 2.05) is 6.07 Å². The molecule has 6 heteroatoms. The first kappa shape index (κ1) is 27.3. The van der Waals surface area contributed by atoms with Crippen LogP contribution in [-0.4, -0.2) is 66.3 Å². The first-order valence-corrected chi connectivity index (χ1v) is 15.7. The number of aliphatic hydroxyl groups is 2. The van der Waals surface area contributed by atoms with Gasteiger partial charge in [0, 0.05) is 24.1 Å². The van der Waals surface area contributed by atoms with Crippen LogP contribution >= 0.6 is 0 Å². The molecular formula is C32H51NO5. The van der Waals surface area contributed by atoms with Crippen molar-refractivity contribution in [2.24, 2.45) is 28.6 Å². The maximum Gasteiger partial charge on any atom is 0.101 e. The van der Waals surface area contributed by atoms with Gasteiger partial charge in [0.15, 0.2) is 0 Å². The molecule has 0 aromatic carbocycles. The summed E-state index contributed by atoms with van der Waals surface area (Å²) in [7, 11) is 0. The van der Waals surface area contributed by atoms with Crippen molar-refractivity contribution in [1.29, 1.82) is 0 Å². The standard InChI is InChI=1S/C32H51NO5/c1-29-11-8-26(38-21-20-36-18-5-17-33-15-3-4-16-33)22-24(29)6-7-28-27(29)9-12-30(2)31(34,13-14-32(28,30)35)25-10-19-37-23-25/h10,19,23-24,26-28,34-35H,3-9,11-18,20-22H2,1-2H3/t24-,26+,27+,28-,29+,30-,31+,32+/m1/s1. The van der Waals surface area contributed by atoms with E-state index in [1.54, 1.807) is 12.5 Å². The number of fused-ring (bicyclic) bond motifs is 5. The van der Waals surface area contributed by atoms with Crippen LogP contribution in [-0.2, 0) is 15.1 Å². The Bertz CT molecular complexity index is 932. The molecule has 6 nitrogen and oxygen atoms in total. The Morgan fingerprint density at radius 1 is 0.947 bits per heavy atom. The average molecular weight is 530 g/mol. The zero-order valence-corrected chi connectivity index (χ0v) is 23.8. The molecule has 1 saturated heterocycles. The highest BCUT2D eigenvalue weighted by Crippen LogP contribution is 2.71. The summed E-state index contributed by atoms with van der Waals surface area (Å²) in [6, 6.07) is 1.89. The minimum absolute atomic E-state index is 0.252. The Balaban J connectivity index is 1.02. The summed E-state index contributed by atoms with van der Waals surface area (Å²) in [6.45, 7) is 10.6.